The van der Waals surface area contributed by atoms with E-state index in [1.54, 1.807) is 0 Å². The zero-order valence-electron chi connectivity index (χ0n) is 4.66. The largest absolute Gasteiger partial charge is 0.312 e. The molecule has 0 aromatic rings. The third-order valence-corrected chi connectivity index (χ3v) is 1.91. The summed E-state index contributed by atoms with van der Waals surface area (Å²) >= 11 is 0. The summed E-state index contributed by atoms with van der Waals surface area (Å²) in [6.07, 6.45) is 2.26. The summed E-state index contributed by atoms with van der Waals surface area (Å²) in [6.45, 7) is 3.22. The van der Waals surface area contributed by atoms with Gasteiger partial charge in [0, 0.05) is 6.26 Å². The number of sulfone groups is 1. The van der Waals surface area contributed by atoms with Gasteiger partial charge < -0.3 is 5.73 Å². The van der Waals surface area contributed by atoms with Crippen LogP contribution in [0.1, 0.15) is 0 Å². The van der Waals surface area contributed by atoms with Gasteiger partial charge in [0.2, 0.25) is 0 Å². The maximum absolute atomic E-state index is 10.4. The summed E-state index contributed by atoms with van der Waals surface area (Å²) in [4.78, 5) is 0. The highest BCUT2D eigenvalue weighted by molar-refractivity contribution is 7.91. The van der Waals surface area contributed by atoms with Crippen molar-refractivity contribution < 1.29 is 8.42 Å². The molecule has 0 amide bonds. The van der Waals surface area contributed by atoms with Crippen LogP contribution < -0.4 is 5.73 Å². The van der Waals surface area contributed by atoms with E-state index in [0.29, 0.717) is 0 Å². The van der Waals surface area contributed by atoms with Gasteiger partial charge in [0.25, 0.3) is 0 Å². The smallest absolute Gasteiger partial charge is 0.166 e. The van der Waals surface area contributed by atoms with Crippen LogP contribution in [0.15, 0.2) is 12.7 Å². The molecule has 0 aliphatic carbocycles. The van der Waals surface area contributed by atoms with Crippen LogP contribution in [-0.2, 0) is 9.84 Å². The molecule has 0 spiro atoms. The van der Waals surface area contributed by atoms with Crippen molar-refractivity contribution in [2.75, 3.05) is 6.26 Å². The van der Waals surface area contributed by atoms with E-state index in [-0.39, 0.29) is 0 Å². The van der Waals surface area contributed by atoms with E-state index in [1.165, 1.54) is 6.08 Å². The molecule has 0 aromatic carbocycles. The molecule has 1 atom stereocenters. The van der Waals surface area contributed by atoms with Gasteiger partial charge in [-0.3, -0.25) is 0 Å². The predicted molar refractivity (Wildman–Crippen MR) is 33.0 cm³/mol. The monoisotopic (exact) mass is 135 g/mol. The van der Waals surface area contributed by atoms with Gasteiger partial charge in [0.15, 0.2) is 9.84 Å². The van der Waals surface area contributed by atoms with E-state index in [2.05, 4.69) is 6.58 Å². The van der Waals surface area contributed by atoms with Crippen molar-refractivity contribution in [1.29, 1.82) is 0 Å². The first-order valence-electron chi connectivity index (χ1n) is 2.05. The van der Waals surface area contributed by atoms with Crippen molar-refractivity contribution in [1.82, 2.24) is 0 Å². The van der Waals surface area contributed by atoms with Crippen molar-refractivity contribution in [3.05, 3.63) is 12.7 Å². The fourth-order valence-corrected chi connectivity index (χ4v) is 0.524. The van der Waals surface area contributed by atoms with Crippen LogP contribution >= 0.6 is 0 Å². The Balaban J connectivity index is 4.26. The van der Waals surface area contributed by atoms with Crippen LogP contribution in [0.5, 0.6) is 0 Å². The van der Waals surface area contributed by atoms with Gasteiger partial charge >= 0.3 is 0 Å². The van der Waals surface area contributed by atoms with Gasteiger partial charge in [-0.1, -0.05) is 6.08 Å². The lowest BCUT2D eigenvalue weighted by Gasteiger charge is -1.99. The highest BCUT2D eigenvalue weighted by Crippen LogP contribution is 1.89. The van der Waals surface area contributed by atoms with Crippen molar-refractivity contribution in [3.8, 4) is 0 Å². The van der Waals surface area contributed by atoms with E-state index < -0.39 is 15.2 Å². The third kappa shape index (κ3) is 2.09. The summed E-state index contributed by atoms with van der Waals surface area (Å²) < 4.78 is 20.7. The Morgan fingerprint density at radius 1 is 1.75 bits per heavy atom. The lowest BCUT2D eigenvalue weighted by atomic mass is 10.7. The fourth-order valence-electron chi connectivity index (χ4n) is 0.175. The van der Waals surface area contributed by atoms with Gasteiger partial charge in [-0.2, -0.15) is 0 Å². The molecule has 0 saturated heterocycles. The molecule has 2 N–H and O–H groups in total. The molecule has 0 radical (unpaired) electrons. The van der Waals surface area contributed by atoms with Crippen molar-refractivity contribution in [2.45, 2.75) is 5.37 Å². The minimum Gasteiger partial charge on any atom is -0.312 e. The summed E-state index contributed by atoms with van der Waals surface area (Å²) in [5.41, 5.74) is 5.04. The van der Waals surface area contributed by atoms with Crippen LogP contribution in [0.3, 0.4) is 0 Å². The second-order valence-electron chi connectivity index (χ2n) is 1.53. The first-order valence-corrected chi connectivity index (χ1v) is 4.01. The van der Waals surface area contributed by atoms with Crippen LogP contribution in [0.2, 0.25) is 0 Å². The molecule has 4 heteroatoms. The molecule has 8 heavy (non-hydrogen) atoms. The lowest BCUT2D eigenvalue weighted by molar-refractivity contribution is 0.595. The topological polar surface area (TPSA) is 60.2 Å². The van der Waals surface area contributed by atoms with E-state index in [9.17, 15) is 8.42 Å². The summed E-state index contributed by atoms with van der Waals surface area (Å²) in [5, 5.41) is -0.914. The van der Waals surface area contributed by atoms with Crippen molar-refractivity contribution in [3.63, 3.8) is 0 Å². The standard InChI is InChI=1S/C4H9NO2S/c1-3-4(5)8(2,6)7/h3-4H,1,5H2,2H3. The lowest BCUT2D eigenvalue weighted by Crippen LogP contribution is -2.26. The molecule has 3 nitrogen and oxygen atoms in total. The molecule has 0 bridgehead atoms. The average Bonchev–Trinajstić information content (AvgIpc) is 1.62. The average molecular weight is 135 g/mol. The Bertz CT molecular complexity index is 170. The molecule has 48 valence electrons. The third-order valence-electron chi connectivity index (χ3n) is 0.727. The van der Waals surface area contributed by atoms with Gasteiger partial charge in [-0.05, 0) is 0 Å². The highest BCUT2D eigenvalue weighted by Gasteiger charge is 2.08. The first kappa shape index (κ1) is 7.65. The van der Waals surface area contributed by atoms with Gasteiger partial charge in [0.05, 0.1) is 0 Å². The first-order chi connectivity index (χ1) is 3.48. The van der Waals surface area contributed by atoms with Crippen molar-refractivity contribution >= 4 is 9.84 Å². The maximum atomic E-state index is 10.4. The maximum Gasteiger partial charge on any atom is 0.166 e. The Labute approximate surface area is 49.1 Å². The summed E-state index contributed by atoms with van der Waals surface area (Å²) in [5.74, 6) is 0. The van der Waals surface area contributed by atoms with E-state index in [0.717, 1.165) is 6.26 Å². The van der Waals surface area contributed by atoms with E-state index >= 15 is 0 Å². The number of hydrogen-bond donors (Lipinski definition) is 1. The van der Waals surface area contributed by atoms with E-state index in [1.807, 2.05) is 0 Å². The van der Waals surface area contributed by atoms with Gasteiger partial charge in [-0.25, -0.2) is 8.42 Å². The highest BCUT2D eigenvalue weighted by atomic mass is 32.2. The minimum atomic E-state index is -3.09. The molecule has 0 aliphatic heterocycles. The zero-order chi connectivity index (χ0) is 6.78. The second-order valence-corrected chi connectivity index (χ2v) is 3.73. The molecule has 0 fully saturated rings. The number of rotatable bonds is 2. The molecule has 0 heterocycles. The molecule has 1 unspecified atom stereocenters. The van der Waals surface area contributed by atoms with Crippen LogP contribution in [0.25, 0.3) is 0 Å². The normalized spacial score (nSPS) is 15.2. The minimum absolute atomic E-state index is 0.914. The van der Waals surface area contributed by atoms with Gasteiger partial charge in [0.1, 0.15) is 5.37 Å². The molecule has 0 aromatic heterocycles. The summed E-state index contributed by atoms with van der Waals surface area (Å²) in [7, 11) is -3.09. The second kappa shape index (κ2) is 2.28. The summed E-state index contributed by atoms with van der Waals surface area (Å²) in [6, 6.07) is 0. The Kier molecular flexibility index (Phi) is 2.18. The van der Waals surface area contributed by atoms with Gasteiger partial charge in [-0.15, -0.1) is 6.58 Å². The SMILES string of the molecule is C=CC(N)S(C)(=O)=O. The van der Waals surface area contributed by atoms with Crippen molar-refractivity contribution in [2.24, 2.45) is 5.73 Å². The van der Waals surface area contributed by atoms with Crippen LogP contribution in [-0.4, -0.2) is 20.0 Å². The zero-order valence-corrected chi connectivity index (χ0v) is 5.48. The Hall–Kier alpha value is -0.350. The van der Waals surface area contributed by atoms with Crippen LogP contribution in [0.4, 0.5) is 0 Å². The number of hydrogen-bond acceptors (Lipinski definition) is 3. The van der Waals surface area contributed by atoms with Crippen LogP contribution in [0, 0.1) is 0 Å². The predicted octanol–water partition coefficient (Wildman–Crippen LogP) is -0.498. The molecule has 0 rings (SSSR count). The Morgan fingerprint density at radius 3 is 2.12 bits per heavy atom. The molecular weight excluding hydrogens is 126 g/mol. The van der Waals surface area contributed by atoms with E-state index in [4.69, 9.17) is 5.73 Å². The fraction of sp³-hybridized carbons (Fsp3) is 0.500. The molecular formula is C4H9NO2S. The number of nitrogens with two attached hydrogens (primary N) is 1. The molecule has 0 aliphatic rings. The quantitative estimate of drug-likeness (QED) is 0.519. The Morgan fingerprint density at radius 2 is 2.12 bits per heavy atom. The molecule has 0 saturated carbocycles.